The van der Waals surface area contributed by atoms with Gasteiger partial charge in [0.05, 0.1) is 6.20 Å². The summed E-state index contributed by atoms with van der Waals surface area (Å²) in [7, 11) is 2.05. The van der Waals surface area contributed by atoms with Gasteiger partial charge in [-0.2, -0.15) is 0 Å². The number of aromatic carboxylic acids is 1. The maximum absolute atomic E-state index is 11.2. The van der Waals surface area contributed by atoms with Crippen LogP contribution in [-0.2, 0) is 0 Å². The second-order valence-corrected chi connectivity index (χ2v) is 5.46. The molecular weight excluding hydrogens is 258 g/mol. The Hall–Kier alpha value is -1.69. The Balaban J connectivity index is 2.00. The van der Waals surface area contributed by atoms with Crippen LogP contribution in [-0.4, -0.2) is 52.2 Å². The molecule has 0 atom stereocenters. The highest BCUT2D eigenvalue weighted by Gasteiger charge is 2.25. The molecular formula is C14H21N3O3. The Labute approximate surface area is 118 Å². The molecule has 0 amide bonds. The molecule has 0 unspecified atom stereocenters. The van der Waals surface area contributed by atoms with Gasteiger partial charge in [-0.15, -0.1) is 0 Å². The molecule has 2 rings (SSSR count). The van der Waals surface area contributed by atoms with Crippen LogP contribution < -0.4 is 4.74 Å². The van der Waals surface area contributed by atoms with Crippen LogP contribution in [0, 0.1) is 0 Å². The van der Waals surface area contributed by atoms with Gasteiger partial charge < -0.3 is 14.7 Å². The molecule has 1 N–H and O–H groups in total. The molecule has 1 aliphatic carbocycles. The van der Waals surface area contributed by atoms with E-state index >= 15 is 0 Å². The van der Waals surface area contributed by atoms with Crippen LogP contribution in [0.1, 0.15) is 48.9 Å². The molecule has 1 aliphatic rings. The number of carboxylic acids is 1. The van der Waals surface area contributed by atoms with Crippen LogP contribution in [0.5, 0.6) is 5.75 Å². The van der Waals surface area contributed by atoms with Crippen molar-refractivity contribution < 1.29 is 14.6 Å². The van der Waals surface area contributed by atoms with Crippen molar-refractivity contribution in [3.8, 4) is 5.75 Å². The number of rotatable bonds is 7. The van der Waals surface area contributed by atoms with Gasteiger partial charge in [-0.05, 0) is 19.9 Å². The number of hydrogen-bond acceptors (Lipinski definition) is 5. The van der Waals surface area contributed by atoms with Gasteiger partial charge in [0.2, 0.25) is 0 Å². The van der Waals surface area contributed by atoms with Crippen molar-refractivity contribution in [1.29, 1.82) is 0 Å². The SMILES string of the molecule is CC(C)c1ncc(OCCN(C)C2CC2)c(C(=O)O)n1. The topological polar surface area (TPSA) is 75.5 Å². The Morgan fingerprint density at radius 2 is 2.25 bits per heavy atom. The van der Waals surface area contributed by atoms with E-state index in [2.05, 4.69) is 21.9 Å². The van der Waals surface area contributed by atoms with E-state index in [1.54, 1.807) is 0 Å². The molecule has 0 aliphatic heterocycles. The lowest BCUT2D eigenvalue weighted by molar-refractivity contribution is 0.0684. The fourth-order valence-corrected chi connectivity index (χ4v) is 1.92. The fourth-order valence-electron chi connectivity index (χ4n) is 1.92. The molecule has 110 valence electrons. The Morgan fingerprint density at radius 1 is 1.55 bits per heavy atom. The summed E-state index contributed by atoms with van der Waals surface area (Å²) in [6.45, 7) is 5.06. The maximum Gasteiger partial charge on any atom is 0.358 e. The molecule has 1 aromatic rings. The first-order valence-electron chi connectivity index (χ1n) is 6.92. The van der Waals surface area contributed by atoms with E-state index in [1.165, 1.54) is 19.0 Å². The largest absolute Gasteiger partial charge is 0.488 e. The Bertz CT molecular complexity index is 487. The van der Waals surface area contributed by atoms with E-state index in [0.717, 1.165) is 6.54 Å². The second-order valence-electron chi connectivity index (χ2n) is 5.46. The number of hydrogen-bond donors (Lipinski definition) is 1. The number of likely N-dealkylation sites (N-methyl/N-ethyl adjacent to an activating group) is 1. The van der Waals surface area contributed by atoms with Crippen molar-refractivity contribution in [1.82, 2.24) is 14.9 Å². The minimum Gasteiger partial charge on any atom is -0.488 e. The highest BCUT2D eigenvalue weighted by Crippen LogP contribution is 2.25. The molecule has 0 aromatic carbocycles. The number of nitrogens with zero attached hydrogens (tertiary/aromatic N) is 3. The predicted molar refractivity (Wildman–Crippen MR) is 74.2 cm³/mol. The van der Waals surface area contributed by atoms with Gasteiger partial charge in [-0.1, -0.05) is 13.8 Å². The third kappa shape index (κ3) is 3.66. The van der Waals surface area contributed by atoms with E-state index in [9.17, 15) is 9.90 Å². The molecule has 0 saturated heterocycles. The third-order valence-corrected chi connectivity index (χ3v) is 3.36. The number of carboxylic acid groups (broad SMARTS) is 1. The monoisotopic (exact) mass is 279 g/mol. The van der Waals surface area contributed by atoms with Crippen LogP contribution >= 0.6 is 0 Å². The zero-order chi connectivity index (χ0) is 14.7. The average Bonchev–Trinajstić information content (AvgIpc) is 3.22. The van der Waals surface area contributed by atoms with Crippen molar-refractivity contribution in [2.75, 3.05) is 20.2 Å². The summed E-state index contributed by atoms with van der Waals surface area (Å²) in [5.74, 6) is -0.237. The first-order chi connectivity index (χ1) is 9.49. The van der Waals surface area contributed by atoms with Gasteiger partial charge in [0.25, 0.3) is 0 Å². The summed E-state index contributed by atoms with van der Waals surface area (Å²) in [5, 5.41) is 9.20. The minimum atomic E-state index is -1.08. The van der Waals surface area contributed by atoms with E-state index in [1.807, 2.05) is 13.8 Å². The van der Waals surface area contributed by atoms with E-state index < -0.39 is 5.97 Å². The zero-order valence-electron chi connectivity index (χ0n) is 12.2. The van der Waals surface area contributed by atoms with Crippen molar-refractivity contribution in [3.05, 3.63) is 17.7 Å². The highest BCUT2D eigenvalue weighted by atomic mass is 16.5. The summed E-state index contributed by atoms with van der Waals surface area (Å²) in [4.78, 5) is 21.7. The first-order valence-corrected chi connectivity index (χ1v) is 6.92. The Morgan fingerprint density at radius 3 is 2.80 bits per heavy atom. The molecule has 0 bridgehead atoms. The molecule has 1 aromatic heterocycles. The van der Waals surface area contributed by atoms with Gasteiger partial charge in [-0.3, -0.25) is 0 Å². The van der Waals surface area contributed by atoms with Crippen molar-refractivity contribution in [3.63, 3.8) is 0 Å². The first kappa shape index (κ1) is 14.7. The van der Waals surface area contributed by atoms with Crippen LogP contribution in [0.15, 0.2) is 6.20 Å². The molecule has 0 radical (unpaired) electrons. The molecule has 1 heterocycles. The summed E-state index contributed by atoms with van der Waals surface area (Å²) >= 11 is 0. The van der Waals surface area contributed by atoms with Crippen LogP contribution in [0.2, 0.25) is 0 Å². The zero-order valence-corrected chi connectivity index (χ0v) is 12.2. The Kier molecular flexibility index (Phi) is 4.54. The standard InChI is InChI=1S/C14H21N3O3/c1-9(2)13-15-8-11(12(16-13)14(18)19)20-7-6-17(3)10-4-5-10/h8-10H,4-7H2,1-3H3,(H,18,19). The molecule has 6 heteroatoms. The van der Waals surface area contributed by atoms with Gasteiger partial charge in [0.1, 0.15) is 12.4 Å². The lowest BCUT2D eigenvalue weighted by Crippen LogP contribution is -2.26. The molecule has 1 fully saturated rings. The maximum atomic E-state index is 11.2. The van der Waals surface area contributed by atoms with Crippen LogP contribution in [0.3, 0.4) is 0 Å². The molecule has 20 heavy (non-hydrogen) atoms. The fraction of sp³-hybridized carbons (Fsp3) is 0.643. The lowest BCUT2D eigenvalue weighted by atomic mass is 10.2. The second kappa shape index (κ2) is 6.17. The number of carbonyl (C=O) groups is 1. The minimum absolute atomic E-state index is 0.0576. The quantitative estimate of drug-likeness (QED) is 0.820. The van der Waals surface area contributed by atoms with E-state index in [0.29, 0.717) is 18.5 Å². The normalized spacial score (nSPS) is 14.8. The molecule has 1 saturated carbocycles. The molecule has 6 nitrogen and oxygen atoms in total. The summed E-state index contributed by atoms with van der Waals surface area (Å²) < 4.78 is 5.53. The summed E-state index contributed by atoms with van der Waals surface area (Å²) in [6.07, 6.45) is 3.94. The van der Waals surface area contributed by atoms with E-state index in [4.69, 9.17) is 4.74 Å². The van der Waals surface area contributed by atoms with Crippen molar-refractivity contribution >= 4 is 5.97 Å². The van der Waals surface area contributed by atoms with Crippen LogP contribution in [0.4, 0.5) is 0 Å². The average molecular weight is 279 g/mol. The van der Waals surface area contributed by atoms with Crippen LogP contribution in [0.25, 0.3) is 0 Å². The third-order valence-electron chi connectivity index (χ3n) is 3.36. The molecule has 0 spiro atoms. The van der Waals surface area contributed by atoms with Gasteiger partial charge in [0.15, 0.2) is 11.4 Å². The van der Waals surface area contributed by atoms with Gasteiger partial charge in [0, 0.05) is 18.5 Å². The summed E-state index contributed by atoms with van der Waals surface area (Å²) in [6, 6.07) is 0.664. The predicted octanol–water partition coefficient (Wildman–Crippen LogP) is 1.77. The van der Waals surface area contributed by atoms with Gasteiger partial charge in [-0.25, -0.2) is 14.8 Å². The van der Waals surface area contributed by atoms with Crippen molar-refractivity contribution in [2.45, 2.75) is 38.6 Å². The van der Waals surface area contributed by atoms with E-state index in [-0.39, 0.29) is 17.4 Å². The number of ether oxygens (including phenoxy) is 1. The number of aromatic nitrogens is 2. The summed E-state index contributed by atoms with van der Waals surface area (Å²) in [5.41, 5.74) is -0.0576. The van der Waals surface area contributed by atoms with Crippen molar-refractivity contribution in [2.24, 2.45) is 0 Å². The highest BCUT2D eigenvalue weighted by molar-refractivity contribution is 5.88. The lowest BCUT2D eigenvalue weighted by Gasteiger charge is -2.16. The smallest absolute Gasteiger partial charge is 0.358 e. The van der Waals surface area contributed by atoms with Gasteiger partial charge >= 0.3 is 5.97 Å².